The number of ether oxygens (including phenoxy) is 1. The van der Waals surface area contributed by atoms with Crippen LogP contribution in [0.25, 0.3) is 6.08 Å². The molecule has 0 unspecified atom stereocenters. The van der Waals surface area contributed by atoms with Crippen molar-refractivity contribution in [3.8, 4) is 11.8 Å². The van der Waals surface area contributed by atoms with E-state index in [0.717, 1.165) is 16.7 Å². The molecule has 42 heavy (non-hydrogen) atoms. The molecule has 2 heterocycles. The summed E-state index contributed by atoms with van der Waals surface area (Å²) in [5.74, 6) is 0.516. The van der Waals surface area contributed by atoms with Gasteiger partial charge in [-0.2, -0.15) is 5.26 Å². The van der Waals surface area contributed by atoms with Crippen molar-refractivity contribution in [2.75, 3.05) is 13.1 Å². The van der Waals surface area contributed by atoms with Gasteiger partial charge in [-0.1, -0.05) is 65.4 Å². The second-order valence-corrected chi connectivity index (χ2v) is 11.2. The summed E-state index contributed by atoms with van der Waals surface area (Å²) in [5, 5.41) is 9.88. The smallest absolute Gasteiger partial charge is 0.271 e. The molecule has 0 fully saturated rings. The Hall–Kier alpha value is -4.45. The maximum Gasteiger partial charge on any atom is 0.271 e. The van der Waals surface area contributed by atoms with E-state index in [1.807, 2.05) is 81.4 Å². The highest BCUT2D eigenvalue weighted by atomic mass is 35.5. The highest BCUT2D eigenvalue weighted by Crippen LogP contribution is 2.31. The van der Waals surface area contributed by atoms with Crippen molar-refractivity contribution in [1.82, 2.24) is 9.47 Å². The predicted octanol–water partition coefficient (Wildman–Crippen LogP) is 5.21. The van der Waals surface area contributed by atoms with Gasteiger partial charge in [-0.05, 0) is 68.3 Å². The van der Waals surface area contributed by atoms with Crippen molar-refractivity contribution in [1.29, 1.82) is 5.26 Å². The van der Waals surface area contributed by atoms with Gasteiger partial charge < -0.3 is 9.64 Å². The van der Waals surface area contributed by atoms with Gasteiger partial charge in [-0.15, -0.1) is 0 Å². The maximum absolute atomic E-state index is 13.9. The zero-order valence-corrected chi connectivity index (χ0v) is 25.1. The minimum Gasteiger partial charge on any atom is -0.489 e. The summed E-state index contributed by atoms with van der Waals surface area (Å²) in [7, 11) is 0. The number of carbonyl (C=O) groups excluding carboxylic acids is 1. The number of aromatic nitrogens is 1. The molecule has 0 radical (unpaired) electrons. The lowest BCUT2D eigenvalue weighted by atomic mass is 9.94. The highest BCUT2D eigenvalue weighted by molar-refractivity contribution is 7.07. The maximum atomic E-state index is 13.9. The SMILES string of the molecule is CCN(CC)C(=O)C1=C(C)N=c2s/c(=C/c3ccc(OCc4ccccc4C#N)cc3)c(=O)n2[C@@H]1c1ccc(Cl)cc1. The number of halogens is 1. The molecule has 1 amide bonds. The monoisotopic (exact) mass is 596 g/mol. The summed E-state index contributed by atoms with van der Waals surface area (Å²) in [4.78, 5) is 34.6. The standard InChI is InChI=1S/C33H29ClN4O3S/c1-4-37(5-2)32(40)29-21(3)36-33-38(30(29)23-12-14-26(34)15-13-23)31(39)28(42-33)18-22-10-16-27(17-11-22)41-20-25-9-7-6-8-24(25)19-35/h6-18,30H,4-5,20H2,1-3H3/b28-18+/t30-/m1/s1. The fourth-order valence-electron chi connectivity index (χ4n) is 4.96. The van der Waals surface area contributed by atoms with E-state index in [4.69, 9.17) is 21.3 Å². The van der Waals surface area contributed by atoms with Crippen molar-refractivity contribution in [2.45, 2.75) is 33.4 Å². The van der Waals surface area contributed by atoms with Gasteiger partial charge in [0.15, 0.2) is 4.80 Å². The number of allylic oxidation sites excluding steroid dienone is 1. The van der Waals surface area contributed by atoms with Crippen LogP contribution in [0.1, 0.15) is 49.1 Å². The zero-order chi connectivity index (χ0) is 29.8. The number of rotatable bonds is 8. The van der Waals surface area contributed by atoms with Crippen LogP contribution >= 0.6 is 22.9 Å². The largest absolute Gasteiger partial charge is 0.489 e. The Bertz CT molecular complexity index is 1880. The van der Waals surface area contributed by atoms with Gasteiger partial charge >= 0.3 is 0 Å². The summed E-state index contributed by atoms with van der Waals surface area (Å²) in [6, 6.07) is 23.5. The van der Waals surface area contributed by atoms with Gasteiger partial charge in [0.1, 0.15) is 12.4 Å². The molecule has 1 aliphatic heterocycles. The summed E-state index contributed by atoms with van der Waals surface area (Å²) < 4.78 is 8.02. The van der Waals surface area contributed by atoms with Crippen molar-refractivity contribution < 1.29 is 9.53 Å². The third kappa shape index (κ3) is 5.80. The topological polar surface area (TPSA) is 87.7 Å². The molecule has 0 aliphatic carbocycles. The van der Waals surface area contributed by atoms with Crippen molar-refractivity contribution >= 4 is 34.9 Å². The summed E-state index contributed by atoms with van der Waals surface area (Å²) in [5.41, 5.74) is 3.87. The molecule has 212 valence electrons. The molecule has 4 aromatic rings. The number of hydrogen-bond acceptors (Lipinski definition) is 6. The molecule has 1 atom stereocenters. The van der Waals surface area contributed by atoms with E-state index >= 15 is 0 Å². The van der Waals surface area contributed by atoms with Crippen LogP contribution in [0.4, 0.5) is 0 Å². The average molecular weight is 597 g/mol. The Kier molecular flexibility index (Phi) is 8.72. The third-order valence-electron chi connectivity index (χ3n) is 7.20. The van der Waals surface area contributed by atoms with E-state index in [9.17, 15) is 14.9 Å². The normalized spacial score (nSPS) is 14.6. The first-order valence-corrected chi connectivity index (χ1v) is 14.8. The van der Waals surface area contributed by atoms with Crippen molar-refractivity contribution in [2.24, 2.45) is 4.99 Å². The molecular weight excluding hydrogens is 568 g/mol. The minimum atomic E-state index is -0.624. The molecular formula is C33H29ClN4O3S. The van der Waals surface area contributed by atoms with Crippen LogP contribution in [-0.4, -0.2) is 28.5 Å². The fraction of sp³-hybridized carbons (Fsp3) is 0.212. The molecule has 7 nitrogen and oxygen atoms in total. The molecule has 0 saturated carbocycles. The Morgan fingerprint density at radius 1 is 1.10 bits per heavy atom. The van der Waals surface area contributed by atoms with Crippen molar-refractivity contribution in [3.63, 3.8) is 0 Å². The molecule has 1 aliphatic rings. The van der Waals surface area contributed by atoms with E-state index in [0.29, 0.717) is 50.0 Å². The molecule has 1 aromatic heterocycles. The Morgan fingerprint density at radius 3 is 2.45 bits per heavy atom. The van der Waals surface area contributed by atoms with Crippen LogP contribution in [0.5, 0.6) is 5.75 Å². The lowest BCUT2D eigenvalue weighted by Gasteiger charge is -2.29. The predicted molar refractivity (Wildman–Crippen MR) is 165 cm³/mol. The van der Waals surface area contributed by atoms with Crippen LogP contribution in [-0.2, 0) is 11.4 Å². The molecule has 5 rings (SSSR count). The van der Waals surface area contributed by atoms with E-state index in [-0.39, 0.29) is 18.1 Å². The van der Waals surface area contributed by atoms with Gasteiger partial charge in [0.25, 0.3) is 11.5 Å². The van der Waals surface area contributed by atoms with Crippen LogP contribution in [0.2, 0.25) is 5.02 Å². The van der Waals surface area contributed by atoms with Crippen LogP contribution in [0, 0.1) is 11.3 Å². The van der Waals surface area contributed by atoms with Crippen LogP contribution in [0.15, 0.2) is 93.9 Å². The second kappa shape index (κ2) is 12.6. The second-order valence-electron chi connectivity index (χ2n) is 9.74. The molecule has 0 saturated heterocycles. The lowest BCUT2D eigenvalue weighted by Crippen LogP contribution is -2.43. The lowest BCUT2D eigenvalue weighted by molar-refractivity contribution is -0.127. The van der Waals surface area contributed by atoms with E-state index in [1.54, 1.807) is 27.7 Å². The Morgan fingerprint density at radius 2 is 1.79 bits per heavy atom. The van der Waals surface area contributed by atoms with Crippen LogP contribution < -0.4 is 19.6 Å². The van der Waals surface area contributed by atoms with E-state index in [2.05, 4.69) is 6.07 Å². The van der Waals surface area contributed by atoms with Crippen molar-refractivity contribution in [3.05, 3.63) is 131 Å². The van der Waals surface area contributed by atoms with Gasteiger partial charge in [0.05, 0.1) is 33.5 Å². The van der Waals surface area contributed by atoms with E-state index in [1.165, 1.54) is 11.3 Å². The fourth-order valence-corrected chi connectivity index (χ4v) is 6.14. The summed E-state index contributed by atoms with van der Waals surface area (Å²) in [6.45, 7) is 7.07. The number of benzene rings is 3. The average Bonchev–Trinajstić information content (AvgIpc) is 3.31. The van der Waals surface area contributed by atoms with Gasteiger partial charge in [-0.3, -0.25) is 14.2 Å². The number of nitriles is 1. The first-order chi connectivity index (χ1) is 20.3. The Labute approximate surface area is 252 Å². The van der Waals surface area contributed by atoms with Gasteiger partial charge in [0.2, 0.25) is 0 Å². The number of carbonyl (C=O) groups is 1. The molecule has 0 bridgehead atoms. The van der Waals surface area contributed by atoms with E-state index < -0.39 is 6.04 Å². The summed E-state index contributed by atoms with van der Waals surface area (Å²) in [6.07, 6.45) is 1.82. The molecule has 3 aromatic carbocycles. The van der Waals surface area contributed by atoms with Gasteiger partial charge in [0, 0.05) is 23.7 Å². The molecule has 0 spiro atoms. The zero-order valence-electron chi connectivity index (χ0n) is 23.5. The Balaban J connectivity index is 1.50. The number of fused-ring (bicyclic) bond motifs is 1. The minimum absolute atomic E-state index is 0.136. The third-order valence-corrected chi connectivity index (χ3v) is 8.43. The number of hydrogen-bond donors (Lipinski definition) is 0. The summed E-state index contributed by atoms with van der Waals surface area (Å²) >= 11 is 7.47. The number of nitrogens with zero attached hydrogens (tertiary/aromatic N) is 4. The number of thiazole rings is 1. The quantitative estimate of drug-likeness (QED) is 0.279. The van der Waals surface area contributed by atoms with Crippen LogP contribution in [0.3, 0.4) is 0 Å². The molecule has 0 N–H and O–H groups in total. The molecule has 9 heteroatoms. The first kappa shape index (κ1) is 29.1. The highest BCUT2D eigenvalue weighted by Gasteiger charge is 2.34. The number of likely N-dealkylation sites (N-methyl/N-ethyl adjacent to an activating group) is 1. The van der Waals surface area contributed by atoms with Gasteiger partial charge in [-0.25, -0.2) is 4.99 Å². The number of amides is 1. The first-order valence-electron chi connectivity index (χ1n) is 13.6.